The molecule has 3 nitrogen and oxygen atoms in total. The molecule has 94 valence electrons. The number of amides is 1. The van der Waals surface area contributed by atoms with E-state index in [9.17, 15) is 4.79 Å². The third-order valence-electron chi connectivity index (χ3n) is 3.57. The van der Waals surface area contributed by atoms with Gasteiger partial charge in [-0.2, -0.15) is 0 Å². The summed E-state index contributed by atoms with van der Waals surface area (Å²) in [5, 5.41) is 3.25. The summed E-state index contributed by atoms with van der Waals surface area (Å²) in [5.74, 6) is 0.420. The molecule has 1 aliphatic rings. The lowest BCUT2D eigenvalue weighted by Crippen LogP contribution is -2.50. The van der Waals surface area contributed by atoms with Crippen molar-refractivity contribution in [3.8, 4) is 0 Å². The van der Waals surface area contributed by atoms with Gasteiger partial charge in [-0.3, -0.25) is 4.79 Å². The van der Waals surface area contributed by atoms with Gasteiger partial charge in [0.15, 0.2) is 0 Å². The van der Waals surface area contributed by atoms with Crippen LogP contribution < -0.4 is 5.32 Å². The van der Waals surface area contributed by atoms with Gasteiger partial charge in [0.2, 0.25) is 5.91 Å². The summed E-state index contributed by atoms with van der Waals surface area (Å²) in [6.07, 6.45) is 3.57. The zero-order valence-corrected chi connectivity index (χ0v) is 11.1. The Morgan fingerprint density at radius 1 is 1.38 bits per heavy atom. The van der Waals surface area contributed by atoms with Crippen LogP contribution in [0.5, 0.6) is 0 Å². The number of hydrogen-bond donors (Lipinski definition) is 1. The number of likely N-dealkylation sites (tertiary alicyclic amines) is 1. The van der Waals surface area contributed by atoms with Crippen molar-refractivity contribution in [3.63, 3.8) is 0 Å². The van der Waals surface area contributed by atoms with E-state index in [4.69, 9.17) is 0 Å². The minimum atomic E-state index is 0.1000. The highest BCUT2D eigenvalue weighted by molar-refractivity contribution is 5.79. The van der Waals surface area contributed by atoms with E-state index in [0.29, 0.717) is 18.0 Å². The fourth-order valence-corrected chi connectivity index (χ4v) is 2.56. The molecule has 1 rings (SSSR count). The second-order valence-electron chi connectivity index (χ2n) is 5.08. The molecule has 0 aromatic carbocycles. The SMILES string of the molecule is CCNCC(C)C(=O)N1C(C)CCCC1C. The number of rotatable bonds is 4. The molecular weight excluding hydrogens is 200 g/mol. The van der Waals surface area contributed by atoms with E-state index in [-0.39, 0.29) is 5.92 Å². The Balaban J connectivity index is 2.56. The van der Waals surface area contributed by atoms with E-state index >= 15 is 0 Å². The standard InChI is InChI=1S/C13H26N2O/c1-5-14-9-10(2)13(16)15-11(3)7-6-8-12(15)4/h10-12,14H,5-9H2,1-4H3. The number of carbonyl (C=O) groups is 1. The second kappa shape index (κ2) is 6.24. The minimum absolute atomic E-state index is 0.1000. The summed E-state index contributed by atoms with van der Waals surface area (Å²) in [5.41, 5.74) is 0. The predicted molar refractivity (Wildman–Crippen MR) is 67.3 cm³/mol. The van der Waals surface area contributed by atoms with Crippen molar-refractivity contribution in [1.82, 2.24) is 10.2 Å². The Bertz CT molecular complexity index is 220. The molecule has 3 heteroatoms. The van der Waals surface area contributed by atoms with Gasteiger partial charge >= 0.3 is 0 Å². The van der Waals surface area contributed by atoms with Gasteiger partial charge < -0.3 is 10.2 Å². The summed E-state index contributed by atoms with van der Waals surface area (Å²) in [6, 6.07) is 0.834. The van der Waals surface area contributed by atoms with Gasteiger partial charge in [-0.1, -0.05) is 13.8 Å². The zero-order chi connectivity index (χ0) is 12.1. The number of hydrogen-bond acceptors (Lipinski definition) is 2. The van der Waals surface area contributed by atoms with Gasteiger partial charge in [0.25, 0.3) is 0 Å². The molecule has 3 unspecified atom stereocenters. The molecule has 0 bridgehead atoms. The molecule has 0 aromatic heterocycles. The maximum Gasteiger partial charge on any atom is 0.227 e. The van der Waals surface area contributed by atoms with Gasteiger partial charge in [-0.15, -0.1) is 0 Å². The van der Waals surface area contributed by atoms with Gasteiger partial charge in [0, 0.05) is 24.5 Å². The van der Waals surface area contributed by atoms with Crippen LogP contribution >= 0.6 is 0 Å². The molecule has 0 saturated carbocycles. The van der Waals surface area contributed by atoms with Gasteiger partial charge in [-0.25, -0.2) is 0 Å². The van der Waals surface area contributed by atoms with E-state index in [1.54, 1.807) is 0 Å². The first-order valence-corrected chi connectivity index (χ1v) is 6.60. The Hall–Kier alpha value is -0.570. The Labute approximate surface area is 99.6 Å². The molecular formula is C13H26N2O. The minimum Gasteiger partial charge on any atom is -0.337 e. The summed E-state index contributed by atoms with van der Waals surface area (Å²) >= 11 is 0. The lowest BCUT2D eigenvalue weighted by molar-refractivity contribution is -0.141. The number of nitrogens with one attached hydrogen (secondary N) is 1. The average molecular weight is 226 g/mol. The molecule has 1 amide bonds. The van der Waals surface area contributed by atoms with E-state index in [0.717, 1.165) is 25.9 Å². The van der Waals surface area contributed by atoms with Crippen LogP contribution in [0.2, 0.25) is 0 Å². The molecule has 0 aliphatic carbocycles. The van der Waals surface area contributed by atoms with Crippen LogP contribution in [0.15, 0.2) is 0 Å². The van der Waals surface area contributed by atoms with Crippen LogP contribution in [0.25, 0.3) is 0 Å². The average Bonchev–Trinajstić information content (AvgIpc) is 2.25. The van der Waals surface area contributed by atoms with Crippen molar-refractivity contribution >= 4 is 5.91 Å². The van der Waals surface area contributed by atoms with Gasteiger partial charge in [-0.05, 0) is 39.7 Å². The largest absolute Gasteiger partial charge is 0.337 e. The smallest absolute Gasteiger partial charge is 0.227 e. The Kier molecular flexibility index (Phi) is 5.26. The molecule has 1 heterocycles. The van der Waals surface area contributed by atoms with Crippen molar-refractivity contribution in [2.75, 3.05) is 13.1 Å². The first-order chi connectivity index (χ1) is 7.57. The van der Waals surface area contributed by atoms with Crippen molar-refractivity contribution in [3.05, 3.63) is 0 Å². The Morgan fingerprint density at radius 2 is 1.94 bits per heavy atom. The first-order valence-electron chi connectivity index (χ1n) is 6.60. The van der Waals surface area contributed by atoms with E-state index in [2.05, 4.69) is 31.0 Å². The molecule has 1 N–H and O–H groups in total. The van der Waals surface area contributed by atoms with Crippen molar-refractivity contribution < 1.29 is 4.79 Å². The molecule has 1 fully saturated rings. The molecule has 1 aliphatic heterocycles. The zero-order valence-electron chi connectivity index (χ0n) is 11.1. The van der Waals surface area contributed by atoms with Gasteiger partial charge in [0.05, 0.1) is 0 Å². The van der Waals surface area contributed by atoms with Gasteiger partial charge in [0.1, 0.15) is 0 Å². The molecule has 1 saturated heterocycles. The summed E-state index contributed by atoms with van der Waals surface area (Å²) in [7, 11) is 0. The molecule has 0 aromatic rings. The van der Waals surface area contributed by atoms with Crippen molar-refractivity contribution in [2.45, 2.75) is 59.0 Å². The third kappa shape index (κ3) is 3.21. The van der Waals surface area contributed by atoms with Crippen LogP contribution in [0, 0.1) is 5.92 Å². The highest BCUT2D eigenvalue weighted by atomic mass is 16.2. The lowest BCUT2D eigenvalue weighted by atomic mass is 9.95. The maximum atomic E-state index is 12.3. The third-order valence-corrected chi connectivity index (χ3v) is 3.57. The number of nitrogens with zero attached hydrogens (tertiary/aromatic N) is 1. The maximum absolute atomic E-state index is 12.3. The second-order valence-corrected chi connectivity index (χ2v) is 5.08. The quantitative estimate of drug-likeness (QED) is 0.795. The van der Waals surface area contributed by atoms with Crippen LogP contribution in [0.4, 0.5) is 0 Å². The topological polar surface area (TPSA) is 32.3 Å². The normalized spacial score (nSPS) is 27.9. The van der Waals surface area contributed by atoms with E-state index in [1.165, 1.54) is 6.42 Å². The van der Waals surface area contributed by atoms with E-state index < -0.39 is 0 Å². The monoisotopic (exact) mass is 226 g/mol. The molecule has 0 radical (unpaired) electrons. The Morgan fingerprint density at radius 3 is 2.44 bits per heavy atom. The van der Waals surface area contributed by atoms with Crippen LogP contribution in [-0.4, -0.2) is 36.0 Å². The van der Waals surface area contributed by atoms with Crippen molar-refractivity contribution in [2.24, 2.45) is 5.92 Å². The molecule has 16 heavy (non-hydrogen) atoms. The van der Waals surface area contributed by atoms with Crippen LogP contribution in [0.3, 0.4) is 0 Å². The lowest BCUT2D eigenvalue weighted by Gasteiger charge is -2.40. The van der Waals surface area contributed by atoms with Crippen LogP contribution in [-0.2, 0) is 4.79 Å². The fourth-order valence-electron chi connectivity index (χ4n) is 2.56. The van der Waals surface area contributed by atoms with E-state index in [1.807, 2.05) is 6.92 Å². The number of piperidine rings is 1. The highest BCUT2D eigenvalue weighted by Gasteiger charge is 2.31. The number of carbonyl (C=O) groups excluding carboxylic acids is 1. The first kappa shape index (κ1) is 13.5. The summed E-state index contributed by atoms with van der Waals surface area (Å²) in [6.45, 7) is 10.2. The fraction of sp³-hybridized carbons (Fsp3) is 0.923. The molecule has 0 spiro atoms. The summed E-state index contributed by atoms with van der Waals surface area (Å²) in [4.78, 5) is 14.4. The predicted octanol–water partition coefficient (Wildman–Crippen LogP) is 2.02. The highest BCUT2D eigenvalue weighted by Crippen LogP contribution is 2.24. The van der Waals surface area contributed by atoms with Crippen LogP contribution in [0.1, 0.15) is 47.0 Å². The molecule has 3 atom stereocenters. The summed E-state index contributed by atoms with van der Waals surface area (Å²) < 4.78 is 0. The van der Waals surface area contributed by atoms with Crippen molar-refractivity contribution in [1.29, 1.82) is 0 Å².